The zero-order valence-corrected chi connectivity index (χ0v) is 14.7. The van der Waals surface area contributed by atoms with Gasteiger partial charge in [-0.2, -0.15) is 0 Å². The normalized spacial score (nSPS) is 11.3. The Kier molecular flexibility index (Phi) is 7.46. The third-order valence-corrected chi connectivity index (χ3v) is 3.75. The Bertz CT molecular complexity index is 812. The third kappa shape index (κ3) is 5.62. The third-order valence-electron chi connectivity index (χ3n) is 3.75. The lowest BCUT2D eigenvalue weighted by Crippen LogP contribution is -2.23. The molecule has 1 N–H and O–H groups in total. The minimum atomic E-state index is -0.801. The highest BCUT2D eigenvalue weighted by atomic mass is 16.6. The first kappa shape index (κ1) is 20.1. The van der Waals surface area contributed by atoms with Crippen molar-refractivity contribution in [3.05, 3.63) is 83.9 Å². The Labute approximate surface area is 157 Å². The molecule has 1 unspecified atom stereocenters. The molecule has 0 aliphatic rings. The topological polar surface area (TPSA) is 89.9 Å². The fraction of sp³-hybridized carbons (Fsp3) is 0.190. The van der Waals surface area contributed by atoms with E-state index in [0.717, 1.165) is 6.08 Å². The summed E-state index contributed by atoms with van der Waals surface area (Å²) < 4.78 is 10.1. The summed E-state index contributed by atoms with van der Waals surface area (Å²) in [6.45, 7) is 2.79. The number of aliphatic hydroxyl groups excluding tert-OH is 1. The van der Waals surface area contributed by atoms with E-state index in [1.807, 2.05) is 0 Å². The minimum absolute atomic E-state index is 0.0810. The summed E-state index contributed by atoms with van der Waals surface area (Å²) in [5, 5.41) is 9.20. The summed E-state index contributed by atoms with van der Waals surface area (Å²) in [5.74, 6) is -1.61. The van der Waals surface area contributed by atoms with E-state index in [1.165, 1.54) is 6.07 Å². The first-order valence-corrected chi connectivity index (χ1v) is 8.36. The average Bonchev–Trinajstić information content (AvgIpc) is 2.72. The Morgan fingerprint density at radius 2 is 1.63 bits per heavy atom. The zero-order chi connectivity index (χ0) is 19.6. The van der Waals surface area contributed by atoms with Gasteiger partial charge in [0.25, 0.3) is 0 Å². The Balaban J connectivity index is 2.04. The van der Waals surface area contributed by atoms with Crippen LogP contribution in [0, 0.1) is 0 Å². The van der Waals surface area contributed by atoms with Crippen molar-refractivity contribution in [1.29, 1.82) is 0 Å². The highest BCUT2D eigenvalue weighted by Crippen LogP contribution is 2.16. The zero-order valence-electron chi connectivity index (χ0n) is 14.7. The molecule has 0 heterocycles. The maximum Gasteiger partial charge on any atom is 0.338 e. The molecule has 27 heavy (non-hydrogen) atoms. The van der Waals surface area contributed by atoms with E-state index in [4.69, 9.17) is 9.47 Å². The summed E-state index contributed by atoms with van der Waals surface area (Å²) in [6, 6.07) is 15.0. The fourth-order valence-corrected chi connectivity index (χ4v) is 2.36. The maximum absolute atomic E-state index is 12.6. The van der Waals surface area contributed by atoms with Crippen LogP contribution in [0.1, 0.15) is 32.7 Å². The second-order valence-corrected chi connectivity index (χ2v) is 5.61. The number of ether oxygens (including phenoxy) is 2. The van der Waals surface area contributed by atoms with Crippen LogP contribution in [-0.4, -0.2) is 42.1 Å². The summed E-state index contributed by atoms with van der Waals surface area (Å²) in [6.07, 6.45) is 0.306. The van der Waals surface area contributed by atoms with Gasteiger partial charge in [-0.1, -0.05) is 55.1 Å². The Hall–Kier alpha value is -3.25. The van der Waals surface area contributed by atoms with E-state index in [9.17, 15) is 19.5 Å². The van der Waals surface area contributed by atoms with Crippen molar-refractivity contribution in [2.45, 2.75) is 12.5 Å². The SMILES string of the molecule is C=CC(=O)OC(CO)CCOC(=O)c1ccccc1C(=O)c1ccccc1. The number of benzene rings is 2. The van der Waals surface area contributed by atoms with Crippen molar-refractivity contribution in [3.63, 3.8) is 0 Å². The molecule has 140 valence electrons. The molecule has 0 aromatic heterocycles. The van der Waals surface area contributed by atoms with Crippen LogP contribution < -0.4 is 0 Å². The largest absolute Gasteiger partial charge is 0.462 e. The van der Waals surface area contributed by atoms with Gasteiger partial charge >= 0.3 is 11.9 Å². The molecule has 0 aliphatic carbocycles. The van der Waals surface area contributed by atoms with Crippen LogP contribution in [0.3, 0.4) is 0 Å². The van der Waals surface area contributed by atoms with Gasteiger partial charge in [0.1, 0.15) is 6.10 Å². The molecule has 0 radical (unpaired) electrons. The second kappa shape index (κ2) is 10.0. The van der Waals surface area contributed by atoms with Gasteiger partial charge in [0.15, 0.2) is 5.78 Å². The smallest absolute Gasteiger partial charge is 0.338 e. The molecule has 2 rings (SSSR count). The fourth-order valence-electron chi connectivity index (χ4n) is 2.36. The molecule has 0 amide bonds. The highest BCUT2D eigenvalue weighted by molar-refractivity contribution is 6.14. The minimum Gasteiger partial charge on any atom is -0.462 e. The number of esters is 2. The number of hydrogen-bond acceptors (Lipinski definition) is 6. The quantitative estimate of drug-likeness (QED) is 0.416. The number of hydrogen-bond donors (Lipinski definition) is 1. The van der Waals surface area contributed by atoms with Crippen LogP contribution >= 0.6 is 0 Å². The lowest BCUT2D eigenvalue weighted by molar-refractivity contribution is -0.145. The molecule has 6 heteroatoms. The molecule has 0 saturated carbocycles. The van der Waals surface area contributed by atoms with Gasteiger partial charge in [-0.3, -0.25) is 4.79 Å². The van der Waals surface area contributed by atoms with Crippen LogP contribution in [0.2, 0.25) is 0 Å². The lowest BCUT2D eigenvalue weighted by atomic mass is 9.98. The summed E-state index contributed by atoms with van der Waals surface area (Å²) in [5.41, 5.74) is 0.856. The van der Waals surface area contributed by atoms with E-state index in [0.29, 0.717) is 5.56 Å². The molecule has 6 nitrogen and oxygen atoms in total. The maximum atomic E-state index is 12.6. The van der Waals surface area contributed by atoms with Gasteiger partial charge in [-0.15, -0.1) is 0 Å². The van der Waals surface area contributed by atoms with E-state index < -0.39 is 24.6 Å². The van der Waals surface area contributed by atoms with E-state index in [1.54, 1.807) is 48.5 Å². The monoisotopic (exact) mass is 368 g/mol. The van der Waals surface area contributed by atoms with Gasteiger partial charge in [0.05, 0.1) is 18.8 Å². The Morgan fingerprint density at radius 1 is 1.00 bits per heavy atom. The van der Waals surface area contributed by atoms with Gasteiger partial charge in [0, 0.05) is 23.6 Å². The lowest BCUT2D eigenvalue weighted by Gasteiger charge is -2.14. The van der Waals surface area contributed by atoms with Crippen molar-refractivity contribution in [1.82, 2.24) is 0 Å². The number of aliphatic hydroxyl groups is 1. The first-order chi connectivity index (χ1) is 13.1. The number of carbonyl (C=O) groups is 3. The summed E-state index contributed by atoms with van der Waals surface area (Å²) in [4.78, 5) is 36.2. The first-order valence-electron chi connectivity index (χ1n) is 8.36. The number of ketones is 1. The summed E-state index contributed by atoms with van der Waals surface area (Å²) >= 11 is 0. The number of carbonyl (C=O) groups excluding carboxylic acids is 3. The van der Waals surface area contributed by atoms with Gasteiger partial charge in [-0.25, -0.2) is 9.59 Å². The second-order valence-electron chi connectivity index (χ2n) is 5.61. The standard InChI is InChI=1S/C21H20O6/c1-2-19(23)27-16(14-22)12-13-26-21(25)18-11-7-6-10-17(18)20(24)15-8-4-3-5-9-15/h2-11,16,22H,1,12-14H2. The highest BCUT2D eigenvalue weighted by Gasteiger charge is 2.20. The molecular formula is C21H20O6. The predicted octanol–water partition coefficient (Wildman–Crippen LogP) is 2.55. The molecule has 2 aromatic rings. The van der Waals surface area contributed by atoms with Gasteiger partial charge in [0.2, 0.25) is 0 Å². The van der Waals surface area contributed by atoms with Crippen LogP contribution in [0.4, 0.5) is 0 Å². The van der Waals surface area contributed by atoms with Crippen molar-refractivity contribution in [2.24, 2.45) is 0 Å². The van der Waals surface area contributed by atoms with Crippen LogP contribution in [-0.2, 0) is 14.3 Å². The van der Waals surface area contributed by atoms with E-state index in [-0.39, 0.29) is 29.9 Å². The van der Waals surface area contributed by atoms with Crippen LogP contribution in [0.15, 0.2) is 67.3 Å². The number of rotatable bonds is 9. The summed E-state index contributed by atoms with van der Waals surface area (Å²) in [7, 11) is 0. The molecule has 1 atom stereocenters. The van der Waals surface area contributed by atoms with Crippen LogP contribution in [0.25, 0.3) is 0 Å². The average molecular weight is 368 g/mol. The Morgan fingerprint density at radius 3 is 2.26 bits per heavy atom. The molecule has 2 aromatic carbocycles. The molecule has 0 saturated heterocycles. The van der Waals surface area contributed by atoms with Crippen molar-refractivity contribution < 1.29 is 29.0 Å². The molecular weight excluding hydrogens is 348 g/mol. The van der Waals surface area contributed by atoms with E-state index in [2.05, 4.69) is 6.58 Å². The van der Waals surface area contributed by atoms with Gasteiger partial charge < -0.3 is 14.6 Å². The van der Waals surface area contributed by atoms with Crippen molar-refractivity contribution in [3.8, 4) is 0 Å². The molecule has 0 bridgehead atoms. The van der Waals surface area contributed by atoms with Crippen molar-refractivity contribution >= 4 is 17.7 Å². The molecule has 0 fully saturated rings. The molecule has 0 spiro atoms. The molecule has 0 aliphatic heterocycles. The van der Waals surface area contributed by atoms with Crippen molar-refractivity contribution in [2.75, 3.05) is 13.2 Å². The predicted molar refractivity (Wildman–Crippen MR) is 98.4 cm³/mol. The van der Waals surface area contributed by atoms with E-state index >= 15 is 0 Å². The van der Waals surface area contributed by atoms with Gasteiger partial charge in [-0.05, 0) is 6.07 Å². The van der Waals surface area contributed by atoms with Crippen LogP contribution in [0.5, 0.6) is 0 Å².